The summed E-state index contributed by atoms with van der Waals surface area (Å²) >= 11 is 13.5. The monoisotopic (exact) mass is 707 g/mol. The molecule has 0 fully saturated rings. The predicted octanol–water partition coefficient (Wildman–Crippen LogP) is 6.67. The molecular weight excluding hydrogens is 677 g/mol. The van der Waals surface area contributed by atoms with E-state index in [1.807, 2.05) is 49.4 Å². The number of rotatable bonds is 12. The summed E-state index contributed by atoms with van der Waals surface area (Å²) in [5, 5.41) is 15.3. The first-order chi connectivity index (χ1) is 24.3. The third-order valence-corrected chi connectivity index (χ3v) is 8.37. The summed E-state index contributed by atoms with van der Waals surface area (Å²) in [6, 6.07) is 23.5. The second-order valence-corrected chi connectivity index (χ2v) is 11.9. The molecule has 0 unspecified atom stereocenters. The standard InChI is InChI=1S/C37H31Cl2N7O4/c1-23-18-33(49-21-26-6-3-4-17-41-26)28-7-5-8-32(36(28)43-23)50-22-29-30(38)14-15-31(35(29)39)46-20-27(44-45-46)19-42-34(47)16-11-24-9-12-25(13-10-24)37(48)40-2/h3-18,20H,19,21-22H2,1-2H3,(H,40,48)(H,42,47)/b16-11+. The first-order valence-corrected chi connectivity index (χ1v) is 16.3. The van der Waals surface area contributed by atoms with Crippen molar-refractivity contribution in [3.8, 4) is 17.2 Å². The van der Waals surface area contributed by atoms with Crippen molar-refractivity contribution in [2.45, 2.75) is 26.7 Å². The van der Waals surface area contributed by atoms with E-state index in [0.717, 1.165) is 22.3 Å². The molecule has 2 N–H and O–H groups in total. The Morgan fingerprint density at radius 1 is 0.920 bits per heavy atom. The third-order valence-electron chi connectivity index (χ3n) is 7.59. The van der Waals surface area contributed by atoms with E-state index in [2.05, 4.69) is 25.9 Å². The third kappa shape index (κ3) is 8.08. The molecule has 3 heterocycles. The van der Waals surface area contributed by atoms with Crippen LogP contribution in [-0.2, 0) is 24.6 Å². The van der Waals surface area contributed by atoms with Gasteiger partial charge >= 0.3 is 0 Å². The van der Waals surface area contributed by atoms with E-state index in [-0.39, 0.29) is 25.0 Å². The maximum Gasteiger partial charge on any atom is 0.251 e. The second-order valence-electron chi connectivity index (χ2n) is 11.1. The fourth-order valence-electron chi connectivity index (χ4n) is 5.02. The normalized spacial score (nSPS) is 11.1. The van der Waals surface area contributed by atoms with Crippen LogP contribution in [-0.4, -0.2) is 43.8 Å². The molecule has 0 aliphatic heterocycles. The molecule has 0 saturated heterocycles. The van der Waals surface area contributed by atoms with Crippen LogP contribution in [0.4, 0.5) is 0 Å². The molecule has 13 heteroatoms. The number of nitrogens with zero attached hydrogens (tertiary/aromatic N) is 5. The Morgan fingerprint density at radius 2 is 1.74 bits per heavy atom. The number of nitrogens with one attached hydrogen (secondary N) is 2. The Bertz CT molecular complexity index is 2190. The zero-order valence-corrected chi connectivity index (χ0v) is 28.6. The van der Waals surface area contributed by atoms with Gasteiger partial charge in [-0.15, -0.1) is 5.10 Å². The highest BCUT2D eigenvalue weighted by Gasteiger charge is 2.17. The van der Waals surface area contributed by atoms with Gasteiger partial charge in [-0.25, -0.2) is 9.67 Å². The fourth-order valence-corrected chi connectivity index (χ4v) is 5.59. The van der Waals surface area contributed by atoms with Gasteiger partial charge in [0.2, 0.25) is 5.91 Å². The van der Waals surface area contributed by atoms with Gasteiger partial charge in [0.15, 0.2) is 0 Å². The molecule has 0 radical (unpaired) electrons. The minimum absolute atomic E-state index is 0.0584. The maximum absolute atomic E-state index is 12.4. The van der Waals surface area contributed by atoms with E-state index >= 15 is 0 Å². The highest BCUT2D eigenvalue weighted by atomic mass is 35.5. The number of halogens is 2. The molecule has 0 spiro atoms. The summed E-state index contributed by atoms with van der Waals surface area (Å²) in [5.74, 6) is 0.719. The van der Waals surface area contributed by atoms with E-state index < -0.39 is 0 Å². The predicted molar refractivity (Wildman–Crippen MR) is 191 cm³/mol. The fraction of sp³-hybridized carbons (Fsp3) is 0.135. The van der Waals surface area contributed by atoms with Crippen molar-refractivity contribution in [1.82, 2.24) is 35.6 Å². The van der Waals surface area contributed by atoms with Crippen molar-refractivity contribution in [3.05, 3.63) is 141 Å². The van der Waals surface area contributed by atoms with Gasteiger partial charge < -0.3 is 20.1 Å². The number of benzene rings is 3. The molecule has 6 aromatic rings. The SMILES string of the molecule is CNC(=O)c1ccc(/C=C/C(=O)NCc2cn(-c3ccc(Cl)c(COc4cccc5c(OCc6ccccn6)cc(C)nc45)c3Cl)nn2)cc1. The Labute approximate surface area is 297 Å². The highest BCUT2D eigenvalue weighted by molar-refractivity contribution is 6.37. The molecule has 3 aromatic carbocycles. The van der Waals surface area contributed by atoms with E-state index in [0.29, 0.717) is 56.2 Å². The largest absolute Gasteiger partial charge is 0.487 e. The van der Waals surface area contributed by atoms with Crippen LogP contribution in [0, 0.1) is 6.92 Å². The minimum Gasteiger partial charge on any atom is -0.487 e. The molecule has 0 saturated carbocycles. The van der Waals surface area contributed by atoms with Gasteiger partial charge in [-0.05, 0) is 67.1 Å². The van der Waals surface area contributed by atoms with E-state index in [9.17, 15) is 9.59 Å². The van der Waals surface area contributed by atoms with Gasteiger partial charge in [0.1, 0.15) is 35.9 Å². The van der Waals surface area contributed by atoms with E-state index in [1.54, 1.807) is 61.9 Å². The van der Waals surface area contributed by atoms with Crippen LogP contribution in [0.3, 0.4) is 0 Å². The molecule has 0 aliphatic rings. The van der Waals surface area contributed by atoms with Gasteiger partial charge in [-0.1, -0.05) is 52.7 Å². The smallest absolute Gasteiger partial charge is 0.251 e. The lowest BCUT2D eigenvalue weighted by atomic mass is 10.1. The zero-order chi connectivity index (χ0) is 35.0. The number of fused-ring (bicyclic) bond motifs is 1. The average molecular weight is 709 g/mol. The summed E-state index contributed by atoms with van der Waals surface area (Å²) in [6.45, 7) is 2.41. The highest BCUT2D eigenvalue weighted by Crippen LogP contribution is 2.35. The van der Waals surface area contributed by atoms with Gasteiger partial charge in [0.05, 0.1) is 29.1 Å². The summed E-state index contributed by atoms with van der Waals surface area (Å²) in [7, 11) is 1.57. The van der Waals surface area contributed by atoms with Crippen molar-refractivity contribution in [2.75, 3.05) is 7.05 Å². The van der Waals surface area contributed by atoms with E-state index in [1.165, 1.54) is 10.8 Å². The molecular formula is C37H31Cl2N7O4. The lowest BCUT2D eigenvalue weighted by Gasteiger charge is -2.15. The number of aromatic nitrogens is 5. The van der Waals surface area contributed by atoms with Crippen molar-refractivity contribution in [3.63, 3.8) is 0 Å². The summed E-state index contributed by atoms with van der Waals surface area (Å²) in [4.78, 5) is 33.2. The van der Waals surface area contributed by atoms with Crippen molar-refractivity contribution in [2.24, 2.45) is 0 Å². The first-order valence-electron chi connectivity index (χ1n) is 15.5. The molecule has 0 bridgehead atoms. The molecule has 0 aliphatic carbocycles. The van der Waals surface area contributed by atoms with Crippen molar-refractivity contribution < 1.29 is 19.1 Å². The Balaban J connectivity index is 1.12. The molecule has 3 aromatic heterocycles. The van der Waals surface area contributed by atoms with Crippen molar-refractivity contribution in [1.29, 1.82) is 0 Å². The average Bonchev–Trinajstić information content (AvgIpc) is 3.61. The van der Waals surface area contributed by atoms with Crippen LogP contribution in [0.25, 0.3) is 22.7 Å². The van der Waals surface area contributed by atoms with Gasteiger partial charge in [0.25, 0.3) is 5.91 Å². The molecule has 50 heavy (non-hydrogen) atoms. The molecule has 2 amide bonds. The molecule has 0 atom stereocenters. The minimum atomic E-state index is -0.316. The summed E-state index contributed by atoms with van der Waals surface area (Å²) in [6.07, 6.45) is 6.46. The number of aryl methyl sites for hydroxylation is 1. The number of pyridine rings is 2. The van der Waals surface area contributed by atoms with Crippen LogP contribution in [0.1, 0.15) is 38.6 Å². The molecule has 11 nitrogen and oxygen atoms in total. The van der Waals surface area contributed by atoms with Crippen LogP contribution in [0.15, 0.2) is 97.3 Å². The van der Waals surface area contributed by atoms with Crippen LogP contribution < -0.4 is 20.1 Å². The zero-order valence-electron chi connectivity index (χ0n) is 27.1. The number of amides is 2. The number of hydrogen-bond donors (Lipinski definition) is 2. The lowest BCUT2D eigenvalue weighted by molar-refractivity contribution is -0.116. The Hall–Kier alpha value is -5.78. The number of carbonyl (C=O) groups excluding carboxylic acids is 2. The van der Waals surface area contributed by atoms with Crippen LogP contribution in [0.2, 0.25) is 10.0 Å². The number of para-hydroxylation sites is 1. The summed E-state index contributed by atoms with van der Waals surface area (Å²) < 4.78 is 13.9. The first kappa shape index (κ1) is 34.1. The van der Waals surface area contributed by atoms with Crippen LogP contribution in [0.5, 0.6) is 11.5 Å². The lowest BCUT2D eigenvalue weighted by Crippen LogP contribution is -2.20. The topological polar surface area (TPSA) is 133 Å². The van der Waals surface area contributed by atoms with Gasteiger partial charge in [-0.3, -0.25) is 14.6 Å². The number of carbonyl (C=O) groups is 2. The van der Waals surface area contributed by atoms with Crippen LogP contribution >= 0.6 is 23.2 Å². The quantitative estimate of drug-likeness (QED) is 0.135. The molecule has 252 valence electrons. The number of hydrogen-bond acceptors (Lipinski definition) is 8. The maximum atomic E-state index is 12.4. The van der Waals surface area contributed by atoms with E-state index in [4.69, 9.17) is 37.7 Å². The second kappa shape index (κ2) is 15.6. The Kier molecular flexibility index (Phi) is 10.7. The number of ether oxygens (including phenoxy) is 2. The van der Waals surface area contributed by atoms with Gasteiger partial charge in [0, 0.05) is 52.6 Å². The van der Waals surface area contributed by atoms with Crippen molar-refractivity contribution >= 4 is 52.0 Å². The molecule has 6 rings (SSSR count). The Morgan fingerprint density at radius 3 is 2.52 bits per heavy atom. The van der Waals surface area contributed by atoms with Gasteiger partial charge in [-0.2, -0.15) is 0 Å². The summed E-state index contributed by atoms with van der Waals surface area (Å²) in [5.41, 5.74) is 5.15.